The monoisotopic (exact) mass is 767 g/mol. The first kappa shape index (κ1) is 40.1. The van der Waals surface area contributed by atoms with Gasteiger partial charge in [0.1, 0.15) is 5.75 Å². The molecule has 0 fully saturated rings. The predicted octanol–water partition coefficient (Wildman–Crippen LogP) is 11.2. The summed E-state index contributed by atoms with van der Waals surface area (Å²) in [5.41, 5.74) is 13.7. The van der Waals surface area contributed by atoms with Crippen molar-refractivity contribution in [2.45, 2.75) is 65.4 Å². The van der Waals surface area contributed by atoms with Crippen LogP contribution in [0.25, 0.3) is 0 Å². The molecule has 6 aromatic carbocycles. The minimum absolute atomic E-state index is 0.0222. The highest BCUT2D eigenvalue weighted by molar-refractivity contribution is 7.85. The minimum Gasteiger partial charge on any atom is -0.494 e. The van der Waals surface area contributed by atoms with E-state index in [0.717, 1.165) is 53.6 Å². The average Bonchev–Trinajstić information content (AvgIpc) is 3.18. The zero-order valence-electron chi connectivity index (χ0n) is 33.3. The van der Waals surface area contributed by atoms with E-state index in [1.807, 2.05) is 37.3 Å². The number of benzene rings is 6. The van der Waals surface area contributed by atoms with Gasteiger partial charge in [-0.25, -0.2) is 0 Å². The third-order valence-electron chi connectivity index (χ3n) is 10.3. The Morgan fingerprint density at radius 3 is 1.62 bits per heavy atom. The molecule has 8 heteroatoms. The second-order valence-corrected chi connectivity index (χ2v) is 15.8. The van der Waals surface area contributed by atoms with Gasteiger partial charge in [-0.2, -0.15) is 8.42 Å². The van der Waals surface area contributed by atoms with E-state index in [4.69, 9.17) is 4.74 Å². The quantitative estimate of drug-likeness (QED) is 0.0749. The Hall–Kier alpha value is -5.57. The molecule has 0 bridgehead atoms. The van der Waals surface area contributed by atoms with Gasteiger partial charge < -0.3 is 19.9 Å². The van der Waals surface area contributed by atoms with Gasteiger partial charge in [-0.1, -0.05) is 66.2 Å². The van der Waals surface area contributed by atoms with Crippen LogP contribution in [-0.2, 0) is 23.2 Å². The zero-order chi connectivity index (χ0) is 39.8. The molecule has 1 atom stereocenters. The fourth-order valence-electron chi connectivity index (χ4n) is 7.44. The summed E-state index contributed by atoms with van der Waals surface area (Å²) < 4.78 is 38.9. The summed E-state index contributed by atoms with van der Waals surface area (Å²) in [4.78, 5) is 4.54. The molecule has 0 aromatic heterocycles. The van der Waals surface area contributed by atoms with Crippen LogP contribution >= 0.6 is 0 Å². The molecular weight excluding hydrogens is 715 g/mol. The number of nitrogens with zero attached hydrogens (tertiary/aromatic N) is 2. The molecule has 6 rings (SSSR count). The molecule has 0 radical (unpaired) electrons. The van der Waals surface area contributed by atoms with Crippen molar-refractivity contribution in [3.05, 3.63) is 178 Å². The van der Waals surface area contributed by atoms with Crippen LogP contribution < -0.4 is 19.9 Å². The Labute approximate surface area is 333 Å². The topological polar surface area (TPSA) is 82.1 Å². The van der Waals surface area contributed by atoms with E-state index in [-0.39, 0.29) is 10.8 Å². The molecule has 0 aliphatic carbocycles. The lowest BCUT2D eigenvalue weighted by molar-refractivity contribution is 0.340. The largest absolute Gasteiger partial charge is 0.494 e. The molecule has 0 aliphatic heterocycles. The van der Waals surface area contributed by atoms with Gasteiger partial charge in [-0.15, -0.1) is 0 Å². The number of ether oxygens (including phenoxy) is 1. The molecule has 1 unspecified atom stereocenters. The fraction of sp³-hybridized carbons (Fsp3) is 0.250. The molecule has 0 saturated carbocycles. The molecule has 2 N–H and O–H groups in total. The highest BCUT2D eigenvalue weighted by atomic mass is 32.2. The fourth-order valence-corrected chi connectivity index (χ4v) is 7.99. The summed E-state index contributed by atoms with van der Waals surface area (Å²) >= 11 is 0. The van der Waals surface area contributed by atoms with Gasteiger partial charge in [0.2, 0.25) is 0 Å². The number of aryl methyl sites for hydroxylation is 3. The van der Waals surface area contributed by atoms with Gasteiger partial charge >= 0.3 is 0 Å². The molecule has 290 valence electrons. The van der Waals surface area contributed by atoms with Gasteiger partial charge in [-0.3, -0.25) is 4.55 Å². The van der Waals surface area contributed by atoms with Crippen molar-refractivity contribution in [2.24, 2.45) is 0 Å². The van der Waals surface area contributed by atoms with Crippen LogP contribution in [0.1, 0.15) is 71.2 Å². The van der Waals surface area contributed by atoms with Crippen LogP contribution in [0.15, 0.2) is 138 Å². The first-order chi connectivity index (χ1) is 26.9. The Bertz CT molecular complexity index is 2360. The molecule has 0 spiro atoms. The first-order valence-electron chi connectivity index (χ1n) is 19.4. The lowest BCUT2D eigenvalue weighted by Crippen LogP contribution is -2.22. The molecule has 0 amide bonds. The highest BCUT2D eigenvalue weighted by Crippen LogP contribution is 2.39. The summed E-state index contributed by atoms with van der Waals surface area (Å²) in [6.07, 6.45) is 0. The molecule has 6 aromatic rings. The van der Waals surface area contributed by atoms with Crippen LogP contribution in [0, 0.1) is 20.8 Å². The number of rotatable bonds is 16. The minimum atomic E-state index is -4.29. The number of hydrogen-bond donors (Lipinski definition) is 2. The van der Waals surface area contributed by atoms with E-state index in [1.165, 1.54) is 51.2 Å². The molecular formula is C48H53N3O4S. The SMILES string of the molecule is CCOc1ccc(Nc2ccc(C(c3ccc(N(CC)Cc4cccc(C)c4)cc3C)c3ccc(N(CC)Cc4cccc(S(=O)(=O)O)c4)cc3C)cc2)cc1. The first-order valence-corrected chi connectivity index (χ1v) is 20.8. The third-order valence-corrected chi connectivity index (χ3v) is 11.2. The van der Waals surface area contributed by atoms with Crippen molar-refractivity contribution in [3.63, 3.8) is 0 Å². The predicted molar refractivity (Wildman–Crippen MR) is 232 cm³/mol. The maximum Gasteiger partial charge on any atom is 0.294 e. The summed E-state index contributed by atoms with van der Waals surface area (Å²) in [5.74, 6) is 0.829. The molecule has 0 aliphatic rings. The summed E-state index contributed by atoms with van der Waals surface area (Å²) in [6.45, 7) is 16.4. The van der Waals surface area contributed by atoms with Gasteiger partial charge in [-0.05, 0) is 153 Å². The van der Waals surface area contributed by atoms with Crippen molar-refractivity contribution in [2.75, 3.05) is 34.8 Å². The normalized spacial score (nSPS) is 11.9. The Morgan fingerprint density at radius 2 is 1.14 bits per heavy atom. The maximum absolute atomic E-state index is 11.8. The lowest BCUT2D eigenvalue weighted by Gasteiger charge is -2.28. The van der Waals surface area contributed by atoms with Crippen molar-refractivity contribution in [3.8, 4) is 5.75 Å². The number of nitrogens with one attached hydrogen (secondary N) is 1. The summed E-state index contributed by atoms with van der Waals surface area (Å²) in [5, 5.41) is 3.54. The Balaban J connectivity index is 1.34. The highest BCUT2D eigenvalue weighted by Gasteiger charge is 2.23. The third kappa shape index (κ3) is 9.80. The van der Waals surface area contributed by atoms with Crippen LogP contribution in [0.3, 0.4) is 0 Å². The molecule has 0 saturated heterocycles. The standard InChI is InChI=1S/C48H53N3O4S/c1-7-50(32-37-13-10-12-34(4)28-37)42-22-26-46(35(5)29-42)48(39-16-18-40(19-17-39)49-41-20-24-44(25-21-41)55-9-3)47-27-23-43(30-36(47)6)51(8-2)33-38-14-11-15-45(31-38)56(52,53)54/h10-31,48-49H,7-9,32-33H2,1-6H3,(H,52,53,54). The second-order valence-electron chi connectivity index (χ2n) is 14.4. The van der Waals surface area contributed by atoms with E-state index < -0.39 is 10.1 Å². The summed E-state index contributed by atoms with van der Waals surface area (Å²) in [6, 6.07) is 45.5. The maximum atomic E-state index is 11.8. The van der Waals surface area contributed by atoms with Gasteiger partial charge in [0.15, 0.2) is 0 Å². The van der Waals surface area contributed by atoms with E-state index in [2.05, 4.69) is 135 Å². The van der Waals surface area contributed by atoms with Crippen LogP contribution in [0.5, 0.6) is 5.75 Å². The average molecular weight is 768 g/mol. The molecule has 56 heavy (non-hydrogen) atoms. The van der Waals surface area contributed by atoms with E-state index in [1.54, 1.807) is 6.07 Å². The second kappa shape index (κ2) is 17.9. The molecule has 0 heterocycles. The number of anilines is 4. The Morgan fingerprint density at radius 1 is 0.625 bits per heavy atom. The van der Waals surface area contributed by atoms with Gasteiger partial charge in [0.05, 0.1) is 11.5 Å². The van der Waals surface area contributed by atoms with E-state index in [0.29, 0.717) is 13.2 Å². The van der Waals surface area contributed by atoms with Crippen LogP contribution in [0.4, 0.5) is 22.7 Å². The Kier molecular flexibility index (Phi) is 12.8. The van der Waals surface area contributed by atoms with Crippen LogP contribution in [0.2, 0.25) is 0 Å². The zero-order valence-corrected chi connectivity index (χ0v) is 34.1. The van der Waals surface area contributed by atoms with Crippen molar-refractivity contribution in [1.29, 1.82) is 0 Å². The van der Waals surface area contributed by atoms with Crippen molar-refractivity contribution in [1.82, 2.24) is 0 Å². The van der Waals surface area contributed by atoms with E-state index in [9.17, 15) is 13.0 Å². The van der Waals surface area contributed by atoms with Crippen molar-refractivity contribution >= 4 is 32.9 Å². The van der Waals surface area contributed by atoms with Crippen molar-refractivity contribution < 1.29 is 17.7 Å². The lowest BCUT2D eigenvalue weighted by atomic mass is 9.81. The molecule has 7 nitrogen and oxygen atoms in total. The summed E-state index contributed by atoms with van der Waals surface area (Å²) in [7, 11) is -4.29. The van der Waals surface area contributed by atoms with Gasteiger partial charge in [0, 0.05) is 54.8 Å². The van der Waals surface area contributed by atoms with E-state index >= 15 is 0 Å². The smallest absolute Gasteiger partial charge is 0.294 e. The van der Waals surface area contributed by atoms with Gasteiger partial charge in [0.25, 0.3) is 10.1 Å². The number of hydrogen-bond acceptors (Lipinski definition) is 6. The van der Waals surface area contributed by atoms with Crippen LogP contribution in [-0.4, -0.2) is 32.7 Å².